The number of hydrogen-bond acceptors (Lipinski definition) is 5. The predicted molar refractivity (Wildman–Crippen MR) is 85.3 cm³/mol. The Morgan fingerprint density at radius 3 is 2.38 bits per heavy atom. The number of likely N-dealkylation sites (N-methyl/N-ethyl adjacent to an activating group) is 1. The summed E-state index contributed by atoms with van der Waals surface area (Å²) in [6.07, 6.45) is 0. The largest absolute Gasteiger partial charge is 0.490 e. The summed E-state index contributed by atoms with van der Waals surface area (Å²) in [7, 11) is 3.82. The molecule has 0 radical (unpaired) electrons. The minimum atomic E-state index is 0.631. The van der Waals surface area contributed by atoms with Gasteiger partial charge in [0.15, 0.2) is 11.5 Å². The fraction of sp³-hybridized carbons (Fsp3) is 0.625. The maximum atomic E-state index is 5.74. The normalized spacial score (nSPS) is 10.9. The standard InChI is InChI=1S/C16H28N2O3/c1-4-20-15-7-5-6-8-16(15)21-13-10-17-9-11-18(2)12-14-19-3/h5-8,17H,4,9-14H2,1-3H3. The lowest BCUT2D eigenvalue weighted by atomic mass is 10.3. The van der Waals surface area contributed by atoms with Crippen LogP contribution in [0.5, 0.6) is 11.5 Å². The molecule has 0 saturated carbocycles. The van der Waals surface area contributed by atoms with Crippen molar-refractivity contribution in [2.75, 3.05) is 60.2 Å². The lowest BCUT2D eigenvalue weighted by molar-refractivity contribution is 0.161. The van der Waals surface area contributed by atoms with Gasteiger partial charge in [0.05, 0.1) is 13.2 Å². The van der Waals surface area contributed by atoms with Crippen LogP contribution in [0.15, 0.2) is 24.3 Å². The van der Waals surface area contributed by atoms with Crippen molar-refractivity contribution >= 4 is 0 Å². The third kappa shape index (κ3) is 7.90. The molecular formula is C16H28N2O3. The van der Waals surface area contributed by atoms with Gasteiger partial charge in [0.25, 0.3) is 0 Å². The molecule has 0 fully saturated rings. The lowest BCUT2D eigenvalue weighted by Crippen LogP contribution is -2.33. The molecule has 0 bridgehead atoms. The first-order valence-electron chi connectivity index (χ1n) is 7.50. The maximum Gasteiger partial charge on any atom is 0.161 e. The van der Waals surface area contributed by atoms with Crippen LogP contribution in [-0.4, -0.2) is 65.1 Å². The molecule has 1 N–H and O–H groups in total. The van der Waals surface area contributed by atoms with Crippen LogP contribution in [0.1, 0.15) is 6.92 Å². The fourth-order valence-corrected chi connectivity index (χ4v) is 1.83. The van der Waals surface area contributed by atoms with Crippen molar-refractivity contribution < 1.29 is 14.2 Å². The Morgan fingerprint density at radius 1 is 1.00 bits per heavy atom. The van der Waals surface area contributed by atoms with Gasteiger partial charge in [-0.2, -0.15) is 0 Å². The molecule has 0 atom stereocenters. The molecule has 0 saturated heterocycles. The molecule has 1 rings (SSSR count). The maximum absolute atomic E-state index is 5.74. The molecule has 21 heavy (non-hydrogen) atoms. The summed E-state index contributed by atoms with van der Waals surface area (Å²) in [5, 5.41) is 3.37. The van der Waals surface area contributed by atoms with E-state index in [4.69, 9.17) is 14.2 Å². The summed E-state index contributed by atoms with van der Waals surface area (Å²) in [4.78, 5) is 2.24. The summed E-state index contributed by atoms with van der Waals surface area (Å²) in [6, 6.07) is 7.77. The molecule has 0 spiro atoms. The zero-order valence-electron chi connectivity index (χ0n) is 13.4. The van der Waals surface area contributed by atoms with E-state index in [1.807, 2.05) is 31.2 Å². The van der Waals surface area contributed by atoms with Gasteiger partial charge < -0.3 is 24.4 Å². The predicted octanol–water partition coefficient (Wildman–Crippen LogP) is 1.63. The minimum Gasteiger partial charge on any atom is -0.490 e. The van der Waals surface area contributed by atoms with E-state index >= 15 is 0 Å². The average Bonchev–Trinajstić information content (AvgIpc) is 2.50. The minimum absolute atomic E-state index is 0.631. The van der Waals surface area contributed by atoms with Gasteiger partial charge in [-0.3, -0.25) is 0 Å². The lowest BCUT2D eigenvalue weighted by Gasteiger charge is -2.16. The van der Waals surface area contributed by atoms with Crippen LogP contribution < -0.4 is 14.8 Å². The summed E-state index contributed by atoms with van der Waals surface area (Å²) >= 11 is 0. The molecule has 0 aliphatic rings. The summed E-state index contributed by atoms with van der Waals surface area (Å²) in [6.45, 7) is 7.73. The Hall–Kier alpha value is -1.30. The Balaban J connectivity index is 2.11. The number of para-hydroxylation sites is 2. The third-order valence-electron chi connectivity index (χ3n) is 3.03. The second-order valence-electron chi connectivity index (χ2n) is 4.77. The molecule has 1 aromatic carbocycles. The first-order chi connectivity index (χ1) is 10.3. The number of rotatable bonds is 12. The highest BCUT2D eigenvalue weighted by atomic mass is 16.5. The van der Waals surface area contributed by atoms with Crippen LogP contribution in [0.25, 0.3) is 0 Å². The van der Waals surface area contributed by atoms with E-state index in [-0.39, 0.29) is 0 Å². The zero-order valence-corrected chi connectivity index (χ0v) is 13.4. The molecule has 0 aliphatic carbocycles. The van der Waals surface area contributed by atoms with Crippen molar-refractivity contribution in [2.45, 2.75) is 6.92 Å². The van der Waals surface area contributed by atoms with Crippen LogP contribution in [0.4, 0.5) is 0 Å². The average molecular weight is 296 g/mol. The molecule has 0 aromatic heterocycles. The highest BCUT2D eigenvalue weighted by Gasteiger charge is 2.02. The topological polar surface area (TPSA) is 43.0 Å². The molecule has 1 aromatic rings. The Kier molecular flexibility index (Phi) is 9.61. The molecular weight excluding hydrogens is 268 g/mol. The highest BCUT2D eigenvalue weighted by molar-refractivity contribution is 5.39. The van der Waals surface area contributed by atoms with Gasteiger partial charge in [-0.1, -0.05) is 12.1 Å². The number of benzene rings is 1. The van der Waals surface area contributed by atoms with Crippen molar-refractivity contribution in [2.24, 2.45) is 0 Å². The van der Waals surface area contributed by atoms with Crippen molar-refractivity contribution in [1.29, 1.82) is 0 Å². The van der Waals surface area contributed by atoms with E-state index in [0.29, 0.717) is 13.2 Å². The monoisotopic (exact) mass is 296 g/mol. The second kappa shape index (κ2) is 11.4. The quantitative estimate of drug-likeness (QED) is 0.594. The number of nitrogens with one attached hydrogen (secondary N) is 1. The summed E-state index contributed by atoms with van der Waals surface area (Å²) in [5.74, 6) is 1.61. The Labute approximate surface area is 128 Å². The van der Waals surface area contributed by atoms with E-state index in [2.05, 4.69) is 17.3 Å². The van der Waals surface area contributed by atoms with Crippen molar-refractivity contribution in [3.63, 3.8) is 0 Å². The van der Waals surface area contributed by atoms with Crippen molar-refractivity contribution in [1.82, 2.24) is 10.2 Å². The van der Waals surface area contributed by atoms with Gasteiger partial charge in [0.1, 0.15) is 6.61 Å². The van der Waals surface area contributed by atoms with Gasteiger partial charge in [-0.05, 0) is 26.1 Å². The van der Waals surface area contributed by atoms with Crippen LogP contribution in [0, 0.1) is 0 Å². The van der Waals surface area contributed by atoms with E-state index in [1.165, 1.54) is 0 Å². The van der Waals surface area contributed by atoms with Crippen LogP contribution in [-0.2, 0) is 4.74 Å². The van der Waals surface area contributed by atoms with Crippen LogP contribution in [0.2, 0.25) is 0 Å². The number of nitrogens with zero attached hydrogens (tertiary/aromatic N) is 1. The van der Waals surface area contributed by atoms with E-state index in [9.17, 15) is 0 Å². The summed E-state index contributed by atoms with van der Waals surface area (Å²) < 4.78 is 16.3. The van der Waals surface area contributed by atoms with Crippen molar-refractivity contribution in [3.05, 3.63) is 24.3 Å². The Bertz CT molecular complexity index is 374. The molecule has 0 aliphatic heterocycles. The zero-order chi connectivity index (χ0) is 15.3. The van der Waals surface area contributed by atoms with E-state index in [0.717, 1.165) is 44.3 Å². The first kappa shape index (κ1) is 17.8. The van der Waals surface area contributed by atoms with E-state index < -0.39 is 0 Å². The van der Waals surface area contributed by atoms with Gasteiger partial charge >= 0.3 is 0 Å². The van der Waals surface area contributed by atoms with Gasteiger partial charge in [-0.15, -0.1) is 0 Å². The number of methoxy groups -OCH3 is 1. The van der Waals surface area contributed by atoms with Gasteiger partial charge in [0, 0.05) is 33.3 Å². The van der Waals surface area contributed by atoms with Crippen molar-refractivity contribution in [3.8, 4) is 11.5 Å². The van der Waals surface area contributed by atoms with Gasteiger partial charge in [-0.25, -0.2) is 0 Å². The summed E-state index contributed by atoms with van der Waals surface area (Å²) in [5.41, 5.74) is 0. The van der Waals surface area contributed by atoms with E-state index in [1.54, 1.807) is 7.11 Å². The number of hydrogen-bond donors (Lipinski definition) is 1. The first-order valence-corrected chi connectivity index (χ1v) is 7.50. The van der Waals surface area contributed by atoms with Gasteiger partial charge in [0.2, 0.25) is 0 Å². The molecule has 5 nitrogen and oxygen atoms in total. The van der Waals surface area contributed by atoms with Crippen LogP contribution in [0.3, 0.4) is 0 Å². The molecule has 0 amide bonds. The fourth-order valence-electron chi connectivity index (χ4n) is 1.83. The van der Waals surface area contributed by atoms with Crippen LogP contribution >= 0.6 is 0 Å². The molecule has 0 heterocycles. The Morgan fingerprint density at radius 2 is 1.71 bits per heavy atom. The third-order valence-corrected chi connectivity index (χ3v) is 3.03. The SMILES string of the molecule is CCOc1ccccc1OCCNCCN(C)CCOC. The number of ether oxygens (including phenoxy) is 3. The smallest absolute Gasteiger partial charge is 0.161 e. The molecule has 120 valence electrons. The molecule has 0 unspecified atom stereocenters. The molecule has 5 heteroatoms. The highest BCUT2D eigenvalue weighted by Crippen LogP contribution is 2.25. The second-order valence-corrected chi connectivity index (χ2v) is 4.77.